The van der Waals surface area contributed by atoms with Gasteiger partial charge in [-0.25, -0.2) is 8.42 Å². The van der Waals surface area contributed by atoms with Crippen LogP contribution in [0.4, 0.5) is 11.4 Å². The number of thioether (sulfide) groups is 1. The van der Waals surface area contributed by atoms with E-state index in [2.05, 4.69) is 35.9 Å². The van der Waals surface area contributed by atoms with Crippen molar-refractivity contribution in [3.05, 3.63) is 59.7 Å². The summed E-state index contributed by atoms with van der Waals surface area (Å²) in [6.07, 6.45) is 0.229. The summed E-state index contributed by atoms with van der Waals surface area (Å²) in [5.74, 6) is -0.00114. The zero-order valence-electron chi connectivity index (χ0n) is 18.7. The molecule has 0 aromatic heterocycles. The number of sulfone groups is 1. The Balaban J connectivity index is 1.62. The van der Waals surface area contributed by atoms with Crippen LogP contribution in [0, 0.1) is 6.92 Å². The summed E-state index contributed by atoms with van der Waals surface area (Å²) in [5.41, 5.74) is 4.06. The van der Waals surface area contributed by atoms with E-state index in [0.29, 0.717) is 5.17 Å². The van der Waals surface area contributed by atoms with E-state index in [1.807, 2.05) is 48.2 Å². The molecule has 0 radical (unpaired) electrons. The normalized spacial score (nSPS) is 22.8. The van der Waals surface area contributed by atoms with Crippen molar-refractivity contribution < 1.29 is 13.2 Å². The van der Waals surface area contributed by atoms with Crippen LogP contribution in [0.25, 0.3) is 0 Å². The Hall–Kier alpha value is -2.32. The van der Waals surface area contributed by atoms with E-state index < -0.39 is 9.84 Å². The molecule has 32 heavy (non-hydrogen) atoms. The number of nitrogens with zero attached hydrogens (tertiary/aromatic N) is 3. The van der Waals surface area contributed by atoms with Crippen molar-refractivity contribution >= 4 is 44.0 Å². The van der Waals surface area contributed by atoms with Gasteiger partial charge in [0.1, 0.15) is 0 Å². The molecular formula is C24H29N3O3S2. The topological polar surface area (TPSA) is 70.0 Å². The van der Waals surface area contributed by atoms with Crippen LogP contribution >= 0.6 is 11.8 Å². The maximum Gasteiger partial charge on any atom is 0.252 e. The molecule has 8 heteroatoms. The number of amidine groups is 1. The van der Waals surface area contributed by atoms with Crippen LogP contribution in [0.15, 0.2) is 53.5 Å². The van der Waals surface area contributed by atoms with Gasteiger partial charge >= 0.3 is 0 Å². The fourth-order valence-electron chi connectivity index (χ4n) is 4.31. The first-order valence-corrected chi connectivity index (χ1v) is 13.7. The van der Waals surface area contributed by atoms with Crippen LogP contribution in [0.2, 0.25) is 0 Å². The number of rotatable bonds is 6. The molecule has 0 bridgehead atoms. The maximum atomic E-state index is 12.7. The van der Waals surface area contributed by atoms with Crippen LogP contribution in [0.3, 0.4) is 0 Å². The average molecular weight is 472 g/mol. The van der Waals surface area contributed by atoms with Crippen molar-refractivity contribution in [1.29, 1.82) is 0 Å². The van der Waals surface area contributed by atoms with Crippen molar-refractivity contribution in [3.8, 4) is 0 Å². The molecule has 0 N–H and O–H groups in total. The molecule has 2 aromatic carbocycles. The summed E-state index contributed by atoms with van der Waals surface area (Å²) < 4.78 is 24.6. The van der Waals surface area contributed by atoms with Gasteiger partial charge in [0, 0.05) is 29.7 Å². The van der Waals surface area contributed by atoms with Crippen molar-refractivity contribution in [3.63, 3.8) is 0 Å². The molecule has 2 saturated heterocycles. The van der Waals surface area contributed by atoms with E-state index in [0.717, 1.165) is 35.6 Å². The SMILES string of the molecule is CCN(CC)c1ccc(N2C(=NC(=O)Cc3ccc(C)cc3)S[C@@H]3CS(=O)(=O)C[C@@H]32)cc1. The molecule has 2 aliphatic heterocycles. The van der Waals surface area contributed by atoms with E-state index in [9.17, 15) is 13.2 Å². The van der Waals surface area contributed by atoms with E-state index in [1.165, 1.54) is 11.8 Å². The van der Waals surface area contributed by atoms with Crippen LogP contribution in [-0.2, 0) is 21.1 Å². The van der Waals surface area contributed by atoms with Crippen LogP contribution in [-0.4, -0.2) is 55.4 Å². The zero-order chi connectivity index (χ0) is 22.9. The lowest BCUT2D eigenvalue weighted by Gasteiger charge is -2.26. The molecule has 0 saturated carbocycles. The van der Waals surface area contributed by atoms with Crippen LogP contribution < -0.4 is 9.80 Å². The third-order valence-corrected chi connectivity index (χ3v) is 9.23. The highest BCUT2D eigenvalue weighted by Crippen LogP contribution is 2.41. The quantitative estimate of drug-likeness (QED) is 0.640. The summed E-state index contributed by atoms with van der Waals surface area (Å²) >= 11 is 1.41. The van der Waals surface area contributed by atoms with Gasteiger partial charge in [-0.3, -0.25) is 4.79 Å². The maximum absolute atomic E-state index is 12.7. The van der Waals surface area contributed by atoms with Crippen molar-refractivity contribution in [2.75, 3.05) is 34.4 Å². The first-order chi connectivity index (χ1) is 15.3. The monoisotopic (exact) mass is 471 g/mol. The van der Waals surface area contributed by atoms with Gasteiger partial charge in [-0.2, -0.15) is 4.99 Å². The number of aryl methyl sites for hydroxylation is 1. The smallest absolute Gasteiger partial charge is 0.252 e. The molecule has 1 amide bonds. The molecule has 0 spiro atoms. The summed E-state index contributed by atoms with van der Waals surface area (Å²) in [4.78, 5) is 21.4. The zero-order valence-corrected chi connectivity index (χ0v) is 20.3. The third-order valence-electron chi connectivity index (χ3n) is 6.02. The largest absolute Gasteiger partial charge is 0.372 e. The standard InChI is InChI=1S/C24H29N3O3S2/c1-4-26(5-2)19-10-12-20(13-11-19)27-21-15-32(29,30)16-22(21)31-24(27)25-23(28)14-18-8-6-17(3)7-9-18/h6-13,21-22H,4-5,14-16H2,1-3H3/t21-,22+/m0/s1. The van der Waals surface area contributed by atoms with E-state index in [-0.39, 0.29) is 35.1 Å². The van der Waals surface area contributed by atoms with Crippen molar-refractivity contribution in [2.45, 2.75) is 38.5 Å². The van der Waals surface area contributed by atoms with Gasteiger partial charge in [0.2, 0.25) is 0 Å². The highest BCUT2D eigenvalue weighted by atomic mass is 32.2. The Morgan fingerprint density at radius 1 is 1.06 bits per heavy atom. The highest BCUT2D eigenvalue weighted by molar-refractivity contribution is 8.16. The minimum atomic E-state index is -3.09. The highest BCUT2D eigenvalue weighted by Gasteiger charge is 2.49. The number of hydrogen-bond donors (Lipinski definition) is 0. The number of hydrogen-bond acceptors (Lipinski definition) is 5. The third kappa shape index (κ3) is 4.86. The fourth-order valence-corrected chi connectivity index (χ4v) is 8.24. The predicted octanol–water partition coefficient (Wildman–Crippen LogP) is 3.69. The number of anilines is 2. The van der Waals surface area contributed by atoms with Gasteiger partial charge in [-0.1, -0.05) is 41.6 Å². The number of amides is 1. The average Bonchev–Trinajstić information content (AvgIpc) is 3.22. The van der Waals surface area contributed by atoms with Gasteiger partial charge in [-0.05, 0) is 50.6 Å². The number of carbonyl (C=O) groups is 1. The Morgan fingerprint density at radius 3 is 2.34 bits per heavy atom. The number of fused-ring (bicyclic) bond motifs is 1. The molecule has 2 fully saturated rings. The Bertz CT molecular complexity index is 1110. The Kier molecular flexibility index (Phi) is 6.62. The summed E-state index contributed by atoms with van der Waals surface area (Å²) in [6.45, 7) is 8.08. The number of benzene rings is 2. The van der Waals surface area contributed by atoms with E-state index in [4.69, 9.17) is 0 Å². The van der Waals surface area contributed by atoms with Gasteiger partial charge in [0.25, 0.3) is 5.91 Å². The lowest BCUT2D eigenvalue weighted by atomic mass is 10.1. The van der Waals surface area contributed by atoms with Crippen LogP contribution in [0.1, 0.15) is 25.0 Å². The molecule has 6 nitrogen and oxygen atoms in total. The van der Waals surface area contributed by atoms with Gasteiger partial charge in [0.05, 0.1) is 24.0 Å². The minimum Gasteiger partial charge on any atom is -0.372 e. The number of carbonyl (C=O) groups excluding carboxylic acids is 1. The first-order valence-electron chi connectivity index (χ1n) is 11.0. The second kappa shape index (κ2) is 9.27. The van der Waals surface area contributed by atoms with Gasteiger partial charge in [-0.15, -0.1) is 0 Å². The van der Waals surface area contributed by atoms with Gasteiger partial charge < -0.3 is 9.80 Å². The molecule has 170 valence electrons. The Labute approximate surface area is 194 Å². The van der Waals surface area contributed by atoms with Crippen LogP contribution in [0.5, 0.6) is 0 Å². The van der Waals surface area contributed by atoms with Crippen molar-refractivity contribution in [1.82, 2.24) is 0 Å². The second-order valence-corrected chi connectivity index (χ2v) is 11.7. The molecule has 0 aliphatic carbocycles. The van der Waals surface area contributed by atoms with Gasteiger partial charge in [0.15, 0.2) is 15.0 Å². The van der Waals surface area contributed by atoms with E-state index >= 15 is 0 Å². The second-order valence-electron chi connectivity index (χ2n) is 8.31. The minimum absolute atomic E-state index is 0.0909. The fraction of sp³-hybridized carbons (Fsp3) is 0.417. The molecule has 2 heterocycles. The molecule has 2 aliphatic rings. The lowest BCUT2D eigenvalue weighted by Crippen LogP contribution is -2.37. The molecule has 4 rings (SSSR count). The van der Waals surface area contributed by atoms with E-state index in [1.54, 1.807) is 0 Å². The molecule has 2 aromatic rings. The van der Waals surface area contributed by atoms with Crippen molar-refractivity contribution in [2.24, 2.45) is 4.99 Å². The summed E-state index contributed by atoms with van der Waals surface area (Å²) in [6, 6.07) is 15.8. The molecule has 0 unspecified atom stereocenters. The predicted molar refractivity (Wildman–Crippen MR) is 134 cm³/mol. The lowest BCUT2D eigenvalue weighted by molar-refractivity contribution is -0.117. The number of aliphatic imine (C=N–C) groups is 1. The first kappa shape index (κ1) is 22.9. The summed E-state index contributed by atoms with van der Waals surface area (Å²) in [7, 11) is -3.09. The summed E-state index contributed by atoms with van der Waals surface area (Å²) in [5, 5.41) is 0.496. The molecule has 2 atom stereocenters. The molecular weight excluding hydrogens is 442 g/mol. The Morgan fingerprint density at radius 2 is 1.72 bits per heavy atom.